The normalized spacial score (nSPS) is 15.6. The van der Waals surface area contributed by atoms with Gasteiger partial charge >= 0.3 is 11.8 Å². The maximum Gasteiger partial charge on any atom is 0.313 e. The third-order valence-electron chi connectivity index (χ3n) is 3.30. The van der Waals surface area contributed by atoms with Gasteiger partial charge in [0.2, 0.25) is 0 Å². The molecule has 0 aromatic heterocycles. The SMILES string of the molecule is O=C(NCC1(CO)CC1)C(=O)Nc1cc(Cl)ccc1Cl. The molecule has 3 N–H and O–H groups in total. The van der Waals surface area contributed by atoms with Gasteiger partial charge in [-0.05, 0) is 31.0 Å². The van der Waals surface area contributed by atoms with Gasteiger partial charge in [0.15, 0.2) is 0 Å². The Hall–Kier alpha value is -1.30. The molecule has 0 bridgehead atoms. The van der Waals surface area contributed by atoms with Crippen LogP contribution in [0.5, 0.6) is 0 Å². The number of carbonyl (C=O) groups excluding carboxylic acids is 2. The van der Waals surface area contributed by atoms with E-state index in [0.717, 1.165) is 12.8 Å². The summed E-state index contributed by atoms with van der Waals surface area (Å²) in [5.74, 6) is -1.58. The minimum atomic E-state index is -0.817. The van der Waals surface area contributed by atoms with Crippen LogP contribution in [0.2, 0.25) is 10.0 Å². The standard InChI is InChI=1S/C13H14Cl2N2O3/c14-8-1-2-9(15)10(5-8)17-12(20)11(19)16-6-13(7-18)3-4-13/h1-2,5,18H,3-4,6-7H2,(H,16,19)(H,17,20). The minimum Gasteiger partial charge on any atom is -0.396 e. The third kappa shape index (κ3) is 3.62. The van der Waals surface area contributed by atoms with Crippen LogP contribution < -0.4 is 10.6 Å². The number of hydrogen-bond acceptors (Lipinski definition) is 3. The average Bonchev–Trinajstić information content (AvgIpc) is 3.21. The second-order valence-corrected chi connectivity index (χ2v) is 5.76. The molecule has 1 aliphatic carbocycles. The van der Waals surface area contributed by atoms with Crippen LogP contribution in [0.25, 0.3) is 0 Å². The zero-order chi connectivity index (χ0) is 14.8. The van der Waals surface area contributed by atoms with Gasteiger partial charge in [0.25, 0.3) is 0 Å². The molecule has 0 heterocycles. The summed E-state index contributed by atoms with van der Waals surface area (Å²) in [6.07, 6.45) is 1.71. The summed E-state index contributed by atoms with van der Waals surface area (Å²) in [6, 6.07) is 4.57. The molecule has 0 aliphatic heterocycles. The van der Waals surface area contributed by atoms with E-state index in [0.29, 0.717) is 16.6 Å². The zero-order valence-electron chi connectivity index (χ0n) is 10.6. The molecule has 2 amide bonds. The highest BCUT2D eigenvalue weighted by Gasteiger charge is 2.42. The fourth-order valence-electron chi connectivity index (χ4n) is 1.69. The van der Waals surface area contributed by atoms with Crippen molar-refractivity contribution < 1.29 is 14.7 Å². The molecule has 0 spiro atoms. The summed E-state index contributed by atoms with van der Waals surface area (Å²) >= 11 is 11.7. The summed E-state index contributed by atoms with van der Waals surface area (Å²) in [7, 11) is 0. The van der Waals surface area contributed by atoms with Gasteiger partial charge in [-0.25, -0.2) is 0 Å². The van der Waals surface area contributed by atoms with E-state index in [1.807, 2.05) is 0 Å². The third-order valence-corrected chi connectivity index (χ3v) is 3.86. The highest BCUT2D eigenvalue weighted by Crippen LogP contribution is 2.44. The van der Waals surface area contributed by atoms with E-state index >= 15 is 0 Å². The van der Waals surface area contributed by atoms with Gasteiger partial charge in [0.05, 0.1) is 17.3 Å². The highest BCUT2D eigenvalue weighted by molar-refractivity contribution is 6.42. The molecule has 1 aromatic carbocycles. The first kappa shape index (κ1) is 15.1. The van der Waals surface area contributed by atoms with Crippen LogP contribution in [0.4, 0.5) is 5.69 Å². The topological polar surface area (TPSA) is 78.4 Å². The quantitative estimate of drug-likeness (QED) is 0.741. The summed E-state index contributed by atoms with van der Waals surface area (Å²) < 4.78 is 0. The molecule has 0 radical (unpaired) electrons. The van der Waals surface area contributed by atoms with Crippen molar-refractivity contribution in [1.29, 1.82) is 0 Å². The van der Waals surface area contributed by atoms with E-state index in [4.69, 9.17) is 28.3 Å². The van der Waals surface area contributed by atoms with Crippen LogP contribution in [0, 0.1) is 5.41 Å². The Kier molecular flexibility index (Phi) is 4.52. The molecule has 108 valence electrons. The number of amides is 2. The van der Waals surface area contributed by atoms with Crippen molar-refractivity contribution in [3.05, 3.63) is 28.2 Å². The molecule has 2 rings (SSSR count). The lowest BCUT2D eigenvalue weighted by Gasteiger charge is -2.13. The highest BCUT2D eigenvalue weighted by atomic mass is 35.5. The number of rotatable bonds is 4. The van der Waals surface area contributed by atoms with E-state index in [2.05, 4.69) is 10.6 Å². The van der Waals surface area contributed by atoms with E-state index in [-0.39, 0.29) is 17.7 Å². The molecule has 5 nitrogen and oxygen atoms in total. The number of aliphatic hydroxyl groups is 1. The van der Waals surface area contributed by atoms with Crippen LogP contribution >= 0.6 is 23.2 Å². The van der Waals surface area contributed by atoms with E-state index in [9.17, 15) is 9.59 Å². The van der Waals surface area contributed by atoms with Gasteiger partial charge in [0, 0.05) is 17.0 Å². The first-order chi connectivity index (χ1) is 9.46. The number of aliphatic hydroxyl groups excluding tert-OH is 1. The van der Waals surface area contributed by atoms with Crippen molar-refractivity contribution in [2.75, 3.05) is 18.5 Å². The Morgan fingerprint density at radius 2 is 1.95 bits per heavy atom. The first-order valence-electron chi connectivity index (χ1n) is 6.11. The molecular weight excluding hydrogens is 303 g/mol. The number of anilines is 1. The van der Waals surface area contributed by atoms with Crippen LogP contribution in [0.3, 0.4) is 0 Å². The molecule has 1 aliphatic rings. The molecule has 1 aromatic rings. The molecule has 0 saturated heterocycles. The number of carbonyl (C=O) groups is 2. The number of halogens is 2. The Morgan fingerprint density at radius 1 is 1.25 bits per heavy atom. The summed E-state index contributed by atoms with van der Waals surface area (Å²) in [5.41, 5.74) is 0.0338. The first-order valence-corrected chi connectivity index (χ1v) is 6.86. The Morgan fingerprint density at radius 3 is 2.55 bits per heavy atom. The zero-order valence-corrected chi connectivity index (χ0v) is 12.1. The monoisotopic (exact) mass is 316 g/mol. The van der Waals surface area contributed by atoms with Gasteiger partial charge in [-0.2, -0.15) is 0 Å². The molecule has 1 fully saturated rings. The average molecular weight is 317 g/mol. The Balaban J connectivity index is 1.90. The van der Waals surface area contributed by atoms with Crippen molar-refractivity contribution in [2.24, 2.45) is 5.41 Å². The Labute approximate surface area is 126 Å². The predicted molar refractivity (Wildman–Crippen MR) is 76.9 cm³/mol. The summed E-state index contributed by atoms with van der Waals surface area (Å²) in [4.78, 5) is 23.4. The maximum absolute atomic E-state index is 11.7. The van der Waals surface area contributed by atoms with Crippen LogP contribution in [0.1, 0.15) is 12.8 Å². The van der Waals surface area contributed by atoms with Crippen LogP contribution in [0.15, 0.2) is 18.2 Å². The number of hydrogen-bond donors (Lipinski definition) is 3. The lowest BCUT2D eigenvalue weighted by molar-refractivity contribution is -0.136. The molecule has 20 heavy (non-hydrogen) atoms. The molecule has 0 atom stereocenters. The predicted octanol–water partition coefficient (Wildman–Crippen LogP) is 1.82. The van der Waals surface area contributed by atoms with E-state index in [1.165, 1.54) is 12.1 Å². The molecule has 7 heteroatoms. The van der Waals surface area contributed by atoms with Gasteiger partial charge in [-0.1, -0.05) is 23.2 Å². The van der Waals surface area contributed by atoms with E-state index < -0.39 is 11.8 Å². The van der Waals surface area contributed by atoms with Crippen molar-refractivity contribution >= 4 is 40.7 Å². The summed E-state index contributed by atoms with van der Waals surface area (Å²) in [5, 5.41) is 14.7. The minimum absolute atomic E-state index is 0.00895. The van der Waals surface area contributed by atoms with Crippen molar-refractivity contribution in [1.82, 2.24) is 5.32 Å². The second-order valence-electron chi connectivity index (χ2n) is 4.92. The van der Waals surface area contributed by atoms with Crippen molar-refractivity contribution in [2.45, 2.75) is 12.8 Å². The molecule has 1 saturated carbocycles. The van der Waals surface area contributed by atoms with Crippen LogP contribution in [-0.4, -0.2) is 30.1 Å². The van der Waals surface area contributed by atoms with E-state index in [1.54, 1.807) is 6.07 Å². The fraction of sp³-hybridized carbons (Fsp3) is 0.385. The number of nitrogens with one attached hydrogen (secondary N) is 2. The summed E-state index contributed by atoms with van der Waals surface area (Å²) in [6.45, 7) is 0.300. The molecule has 0 unspecified atom stereocenters. The molecular formula is C13H14Cl2N2O3. The van der Waals surface area contributed by atoms with Crippen LogP contribution in [-0.2, 0) is 9.59 Å². The number of benzene rings is 1. The lowest BCUT2D eigenvalue weighted by atomic mass is 10.1. The van der Waals surface area contributed by atoms with Gasteiger partial charge in [-0.15, -0.1) is 0 Å². The lowest BCUT2D eigenvalue weighted by Crippen LogP contribution is -2.39. The van der Waals surface area contributed by atoms with Crippen molar-refractivity contribution in [3.63, 3.8) is 0 Å². The second kappa shape index (κ2) is 5.99. The smallest absolute Gasteiger partial charge is 0.313 e. The van der Waals surface area contributed by atoms with Gasteiger partial charge in [-0.3, -0.25) is 9.59 Å². The van der Waals surface area contributed by atoms with Gasteiger partial charge < -0.3 is 15.7 Å². The Bertz CT molecular complexity index is 544. The van der Waals surface area contributed by atoms with Crippen molar-refractivity contribution in [3.8, 4) is 0 Å². The fourth-order valence-corrected chi connectivity index (χ4v) is 2.02. The van der Waals surface area contributed by atoms with Gasteiger partial charge in [0.1, 0.15) is 0 Å². The largest absolute Gasteiger partial charge is 0.396 e. The maximum atomic E-state index is 11.7.